The third kappa shape index (κ3) is 5.94. The van der Waals surface area contributed by atoms with Crippen LogP contribution in [0.15, 0.2) is 54.7 Å². The van der Waals surface area contributed by atoms with E-state index in [9.17, 15) is 18.4 Å². The van der Waals surface area contributed by atoms with E-state index in [1.165, 1.54) is 30.7 Å². The maximum atomic E-state index is 12.4. The number of para-hydroxylation sites is 1. The predicted octanol–water partition coefficient (Wildman–Crippen LogP) is 3.19. The normalized spacial score (nSPS) is 10.8. The van der Waals surface area contributed by atoms with E-state index in [0.29, 0.717) is 6.54 Å². The maximum Gasteiger partial charge on any atom is 0.387 e. The predicted molar refractivity (Wildman–Crippen MR) is 112 cm³/mol. The molecule has 0 bridgehead atoms. The number of amides is 2. The molecule has 0 radical (unpaired) electrons. The zero-order valence-electron chi connectivity index (χ0n) is 16.9. The molecule has 1 aromatic heterocycles. The molecule has 0 saturated carbocycles. The minimum absolute atomic E-state index is 0.00469. The molecule has 0 fully saturated rings. The lowest BCUT2D eigenvalue weighted by Gasteiger charge is -2.12. The first-order valence-corrected chi connectivity index (χ1v) is 9.69. The lowest BCUT2D eigenvalue weighted by atomic mass is 10.2. The number of nitrogens with zero attached hydrogens (tertiary/aromatic N) is 1. The Bertz CT molecular complexity index is 1050. The van der Waals surface area contributed by atoms with Crippen LogP contribution in [0.5, 0.6) is 11.5 Å². The van der Waals surface area contributed by atoms with Crippen molar-refractivity contribution in [2.75, 3.05) is 20.2 Å². The van der Waals surface area contributed by atoms with E-state index in [1.807, 2.05) is 36.5 Å². The van der Waals surface area contributed by atoms with E-state index < -0.39 is 12.5 Å². The molecule has 0 saturated heterocycles. The second kappa shape index (κ2) is 10.4. The first-order valence-electron chi connectivity index (χ1n) is 9.69. The number of benzene rings is 2. The quantitative estimate of drug-likeness (QED) is 0.483. The van der Waals surface area contributed by atoms with E-state index >= 15 is 0 Å². The number of aryl methyl sites for hydroxylation is 1. The van der Waals surface area contributed by atoms with Gasteiger partial charge in [0.15, 0.2) is 11.5 Å². The molecule has 2 aromatic carbocycles. The summed E-state index contributed by atoms with van der Waals surface area (Å²) in [7, 11) is 1.28. The van der Waals surface area contributed by atoms with E-state index in [0.717, 1.165) is 18.5 Å². The fourth-order valence-electron chi connectivity index (χ4n) is 3.14. The van der Waals surface area contributed by atoms with Gasteiger partial charge >= 0.3 is 6.61 Å². The maximum absolute atomic E-state index is 12.4. The van der Waals surface area contributed by atoms with Crippen LogP contribution in [0.2, 0.25) is 0 Å². The summed E-state index contributed by atoms with van der Waals surface area (Å²) in [6, 6.07) is 13.9. The second-order valence-electron chi connectivity index (χ2n) is 6.70. The number of carbonyl (C=O) groups is 2. The van der Waals surface area contributed by atoms with Gasteiger partial charge in [-0.25, -0.2) is 0 Å². The first-order chi connectivity index (χ1) is 15.0. The topological polar surface area (TPSA) is 81.6 Å². The van der Waals surface area contributed by atoms with Gasteiger partial charge in [-0.15, -0.1) is 0 Å². The molecule has 9 heteroatoms. The molecule has 0 aliphatic rings. The van der Waals surface area contributed by atoms with Crippen molar-refractivity contribution < 1.29 is 27.8 Å². The van der Waals surface area contributed by atoms with E-state index in [2.05, 4.69) is 19.9 Å². The number of methoxy groups -OCH3 is 1. The molecule has 0 spiro atoms. The molecule has 0 aliphatic heterocycles. The van der Waals surface area contributed by atoms with Crippen molar-refractivity contribution in [2.45, 2.75) is 19.6 Å². The minimum Gasteiger partial charge on any atom is -0.493 e. The van der Waals surface area contributed by atoms with Gasteiger partial charge in [-0.2, -0.15) is 8.78 Å². The lowest BCUT2D eigenvalue weighted by Crippen LogP contribution is -2.37. The Morgan fingerprint density at radius 3 is 2.65 bits per heavy atom. The fourth-order valence-corrected chi connectivity index (χ4v) is 3.14. The number of alkyl halides is 2. The van der Waals surface area contributed by atoms with Gasteiger partial charge in [-0.05, 0) is 42.1 Å². The van der Waals surface area contributed by atoms with Crippen molar-refractivity contribution in [3.8, 4) is 11.5 Å². The first kappa shape index (κ1) is 22.1. The summed E-state index contributed by atoms with van der Waals surface area (Å²) in [6.07, 6.45) is 2.75. The van der Waals surface area contributed by atoms with Crippen LogP contribution in [0.1, 0.15) is 16.8 Å². The number of halogens is 2. The van der Waals surface area contributed by atoms with Gasteiger partial charge in [0.1, 0.15) is 0 Å². The van der Waals surface area contributed by atoms with Crippen molar-refractivity contribution in [3.05, 3.63) is 60.3 Å². The molecule has 31 heavy (non-hydrogen) atoms. The number of nitrogens with one attached hydrogen (secondary N) is 2. The third-order valence-electron chi connectivity index (χ3n) is 4.63. The van der Waals surface area contributed by atoms with Crippen LogP contribution in [0, 0.1) is 0 Å². The van der Waals surface area contributed by atoms with Crippen LogP contribution in [-0.4, -0.2) is 43.2 Å². The van der Waals surface area contributed by atoms with Crippen molar-refractivity contribution in [2.24, 2.45) is 0 Å². The van der Waals surface area contributed by atoms with Crippen LogP contribution >= 0.6 is 0 Å². The molecule has 2 amide bonds. The molecule has 3 rings (SSSR count). The fraction of sp³-hybridized carbons (Fsp3) is 0.273. The zero-order chi connectivity index (χ0) is 22.2. The second-order valence-corrected chi connectivity index (χ2v) is 6.70. The number of fused-ring (bicyclic) bond motifs is 1. The Balaban J connectivity index is 1.42. The molecule has 1 heterocycles. The lowest BCUT2D eigenvalue weighted by molar-refractivity contribution is -0.120. The van der Waals surface area contributed by atoms with Gasteiger partial charge in [0.05, 0.1) is 13.7 Å². The summed E-state index contributed by atoms with van der Waals surface area (Å²) in [5.41, 5.74) is 1.30. The van der Waals surface area contributed by atoms with Crippen molar-refractivity contribution >= 4 is 22.7 Å². The van der Waals surface area contributed by atoms with E-state index in [4.69, 9.17) is 4.74 Å². The summed E-state index contributed by atoms with van der Waals surface area (Å²) in [5, 5.41) is 6.41. The highest BCUT2D eigenvalue weighted by Gasteiger charge is 2.14. The highest BCUT2D eigenvalue weighted by Crippen LogP contribution is 2.29. The van der Waals surface area contributed by atoms with E-state index in [-0.39, 0.29) is 29.5 Å². The number of hydrogen-bond acceptors (Lipinski definition) is 4. The Kier molecular flexibility index (Phi) is 7.42. The van der Waals surface area contributed by atoms with Gasteiger partial charge in [0.2, 0.25) is 5.91 Å². The van der Waals surface area contributed by atoms with Gasteiger partial charge in [0, 0.05) is 30.4 Å². The summed E-state index contributed by atoms with van der Waals surface area (Å²) >= 11 is 0. The molecule has 164 valence electrons. The Labute approximate surface area is 177 Å². The number of hydrogen-bond donors (Lipinski definition) is 2. The largest absolute Gasteiger partial charge is 0.493 e. The third-order valence-corrected chi connectivity index (χ3v) is 4.63. The van der Waals surface area contributed by atoms with Crippen molar-refractivity contribution in [3.63, 3.8) is 0 Å². The number of rotatable bonds is 10. The van der Waals surface area contributed by atoms with Crippen LogP contribution < -0.4 is 20.1 Å². The molecular weight excluding hydrogens is 408 g/mol. The highest BCUT2D eigenvalue weighted by atomic mass is 19.3. The highest BCUT2D eigenvalue weighted by molar-refractivity contribution is 5.97. The van der Waals surface area contributed by atoms with E-state index in [1.54, 1.807) is 0 Å². The molecule has 0 atom stereocenters. The molecule has 0 aliphatic carbocycles. The zero-order valence-corrected chi connectivity index (χ0v) is 16.9. The molecule has 7 nitrogen and oxygen atoms in total. The number of carbonyl (C=O) groups excluding carboxylic acids is 2. The smallest absolute Gasteiger partial charge is 0.387 e. The summed E-state index contributed by atoms with van der Waals surface area (Å²) < 4.78 is 36.2. The monoisotopic (exact) mass is 431 g/mol. The summed E-state index contributed by atoms with van der Waals surface area (Å²) in [4.78, 5) is 24.2. The molecular formula is C22H23F2N3O4. The average Bonchev–Trinajstić information content (AvgIpc) is 3.18. The average molecular weight is 431 g/mol. The number of ether oxygens (including phenoxy) is 2. The summed E-state index contributed by atoms with van der Waals surface area (Å²) in [5.74, 6) is -1.04. The summed E-state index contributed by atoms with van der Waals surface area (Å²) in [6.45, 7) is -1.99. The van der Waals surface area contributed by atoms with Crippen LogP contribution in [0.4, 0.5) is 8.78 Å². The van der Waals surface area contributed by atoms with Gasteiger partial charge < -0.3 is 24.7 Å². The molecule has 2 N–H and O–H groups in total. The Morgan fingerprint density at radius 2 is 1.87 bits per heavy atom. The molecule has 0 unspecified atom stereocenters. The Morgan fingerprint density at radius 1 is 1.06 bits per heavy atom. The van der Waals surface area contributed by atoms with Crippen LogP contribution in [-0.2, 0) is 11.3 Å². The standard InChI is InChI=1S/C22H23F2N3O4/c1-30-19-13-16(7-8-18(19)31-22(23)24)21(29)26-14-20(28)25-10-4-11-27-12-9-15-5-2-3-6-17(15)27/h2-3,5-9,12-13,22H,4,10-11,14H2,1H3,(H,25,28)(H,26,29). The van der Waals surface area contributed by atoms with Gasteiger partial charge in [0.25, 0.3) is 5.91 Å². The SMILES string of the molecule is COc1cc(C(=O)NCC(=O)NCCCn2ccc3ccccc32)ccc1OC(F)F. The number of aromatic nitrogens is 1. The minimum atomic E-state index is -3.01. The van der Waals surface area contributed by atoms with Crippen molar-refractivity contribution in [1.29, 1.82) is 0 Å². The van der Waals surface area contributed by atoms with Gasteiger partial charge in [-0.3, -0.25) is 9.59 Å². The van der Waals surface area contributed by atoms with Crippen LogP contribution in [0.3, 0.4) is 0 Å². The molecule has 3 aromatic rings. The van der Waals surface area contributed by atoms with Gasteiger partial charge in [-0.1, -0.05) is 18.2 Å². The van der Waals surface area contributed by atoms with Crippen LogP contribution in [0.25, 0.3) is 10.9 Å². The Hall–Kier alpha value is -3.62. The van der Waals surface area contributed by atoms with Crippen molar-refractivity contribution in [1.82, 2.24) is 15.2 Å².